The molecule has 8 nitrogen and oxygen atoms in total. The summed E-state index contributed by atoms with van der Waals surface area (Å²) in [6, 6.07) is 7.20. The van der Waals surface area contributed by atoms with Crippen LogP contribution in [0.5, 0.6) is 34.5 Å². The van der Waals surface area contributed by atoms with Crippen LogP contribution in [0.3, 0.4) is 0 Å². The van der Waals surface area contributed by atoms with Gasteiger partial charge in [0.15, 0.2) is 23.0 Å². The van der Waals surface area contributed by atoms with Gasteiger partial charge in [0.2, 0.25) is 11.7 Å². The summed E-state index contributed by atoms with van der Waals surface area (Å²) < 4.78 is 32.0. The predicted molar refractivity (Wildman–Crippen MR) is 112 cm³/mol. The summed E-state index contributed by atoms with van der Waals surface area (Å²) in [4.78, 5) is 12.4. The van der Waals surface area contributed by atoms with E-state index in [2.05, 4.69) is 5.32 Å². The Labute approximate surface area is 177 Å². The van der Waals surface area contributed by atoms with Crippen LogP contribution in [-0.4, -0.2) is 48.6 Å². The molecule has 1 amide bonds. The molecule has 0 saturated carbocycles. The smallest absolute Gasteiger partial charge is 0.220 e. The first-order chi connectivity index (χ1) is 14.5. The topological polar surface area (TPSA) is 84.5 Å². The van der Waals surface area contributed by atoms with Crippen molar-refractivity contribution in [3.63, 3.8) is 0 Å². The first kappa shape index (κ1) is 23.0. The molecule has 0 fully saturated rings. The monoisotopic (exact) mass is 419 g/mol. The fourth-order valence-electron chi connectivity index (χ4n) is 3.05. The molecule has 30 heavy (non-hydrogen) atoms. The SMILES string of the molecule is COc1cc(OC)c(OC)cc1CNC(=O)CCc1cc(OC)c(OC)c(OC)c1. The Kier molecular flexibility index (Phi) is 8.46. The molecule has 164 valence electrons. The van der Waals surface area contributed by atoms with E-state index in [1.54, 1.807) is 54.8 Å². The Hall–Kier alpha value is -3.29. The van der Waals surface area contributed by atoms with Crippen molar-refractivity contribution in [2.24, 2.45) is 0 Å². The summed E-state index contributed by atoms with van der Waals surface area (Å²) in [5.74, 6) is 3.28. The maximum atomic E-state index is 12.4. The van der Waals surface area contributed by atoms with Gasteiger partial charge in [-0.2, -0.15) is 0 Å². The quantitative estimate of drug-likeness (QED) is 0.599. The van der Waals surface area contributed by atoms with Crippen molar-refractivity contribution in [2.75, 3.05) is 42.7 Å². The molecule has 0 radical (unpaired) electrons. The van der Waals surface area contributed by atoms with Gasteiger partial charge < -0.3 is 33.7 Å². The van der Waals surface area contributed by atoms with E-state index in [-0.39, 0.29) is 5.91 Å². The van der Waals surface area contributed by atoms with Gasteiger partial charge in [0.1, 0.15) is 5.75 Å². The number of methoxy groups -OCH3 is 6. The van der Waals surface area contributed by atoms with Gasteiger partial charge in [-0.05, 0) is 30.2 Å². The number of ether oxygens (including phenoxy) is 6. The Balaban J connectivity index is 2.04. The lowest BCUT2D eigenvalue weighted by Crippen LogP contribution is -2.23. The summed E-state index contributed by atoms with van der Waals surface area (Å²) in [5.41, 5.74) is 1.69. The number of aryl methyl sites for hydroxylation is 1. The van der Waals surface area contributed by atoms with Crippen molar-refractivity contribution >= 4 is 5.91 Å². The Bertz CT molecular complexity index is 842. The number of hydrogen-bond donors (Lipinski definition) is 1. The second-order valence-electron chi connectivity index (χ2n) is 6.33. The third-order valence-corrected chi connectivity index (χ3v) is 4.63. The van der Waals surface area contributed by atoms with Crippen molar-refractivity contribution in [3.8, 4) is 34.5 Å². The number of hydrogen-bond acceptors (Lipinski definition) is 7. The zero-order valence-electron chi connectivity index (χ0n) is 18.3. The molecule has 0 saturated heterocycles. The van der Waals surface area contributed by atoms with E-state index in [1.165, 1.54) is 0 Å². The van der Waals surface area contributed by atoms with E-state index in [4.69, 9.17) is 28.4 Å². The second-order valence-corrected chi connectivity index (χ2v) is 6.33. The van der Waals surface area contributed by atoms with Gasteiger partial charge in [-0.1, -0.05) is 0 Å². The van der Waals surface area contributed by atoms with Crippen LogP contribution in [0.1, 0.15) is 17.5 Å². The molecular weight excluding hydrogens is 390 g/mol. The van der Waals surface area contributed by atoms with Crippen molar-refractivity contribution < 1.29 is 33.2 Å². The molecule has 1 N–H and O–H groups in total. The van der Waals surface area contributed by atoms with Gasteiger partial charge in [0.05, 0.1) is 42.7 Å². The number of carbonyl (C=O) groups is 1. The van der Waals surface area contributed by atoms with Crippen LogP contribution in [0, 0.1) is 0 Å². The summed E-state index contributed by atoms with van der Waals surface area (Å²) in [5, 5.41) is 2.91. The van der Waals surface area contributed by atoms with Crippen molar-refractivity contribution in [1.29, 1.82) is 0 Å². The van der Waals surface area contributed by atoms with Gasteiger partial charge >= 0.3 is 0 Å². The molecule has 0 unspecified atom stereocenters. The van der Waals surface area contributed by atoms with Crippen LogP contribution in [0.25, 0.3) is 0 Å². The van der Waals surface area contributed by atoms with Gasteiger partial charge in [-0.3, -0.25) is 4.79 Å². The molecule has 0 bridgehead atoms. The molecule has 0 aliphatic heterocycles. The lowest BCUT2D eigenvalue weighted by molar-refractivity contribution is -0.121. The molecule has 0 aliphatic carbocycles. The minimum Gasteiger partial charge on any atom is -0.496 e. The third-order valence-electron chi connectivity index (χ3n) is 4.63. The average molecular weight is 419 g/mol. The highest BCUT2D eigenvalue weighted by Gasteiger charge is 2.15. The minimum atomic E-state index is -0.0967. The zero-order chi connectivity index (χ0) is 22.1. The summed E-state index contributed by atoms with van der Waals surface area (Å²) >= 11 is 0. The molecule has 0 atom stereocenters. The molecule has 0 heterocycles. The van der Waals surface area contributed by atoms with Crippen LogP contribution in [0.4, 0.5) is 0 Å². The molecule has 0 spiro atoms. The number of nitrogens with one attached hydrogen (secondary N) is 1. The summed E-state index contributed by atoms with van der Waals surface area (Å²) in [7, 11) is 9.35. The standard InChI is InChI=1S/C22H29NO7/c1-25-16-12-18(27-3)17(26-2)11-15(16)13-23-21(24)8-7-14-9-19(28-4)22(30-6)20(10-14)29-5/h9-12H,7-8,13H2,1-6H3,(H,23,24). The average Bonchev–Trinajstić information content (AvgIpc) is 2.79. The van der Waals surface area contributed by atoms with E-state index < -0.39 is 0 Å². The normalized spacial score (nSPS) is 10.2. The first-order valence-electron chi connectivity index (χ1n) is 9.35. The van der Waals surface area contributed by atoms with Crippen LogP contribution in [0.15, 0.2) is 24.3 Å². The van der Waals surface area contributed by atoms with E-state index in [1.807, 2.05) is 12.1 Å². The molecule has 0 aliphatic rings. The van der Waals surface area contributed by atoms with Crippen LogP contribution >= 0.6 is 0 Å². The number of rotatable bonds is 11. The molecular formula is C22H29NO7. The molecule has 0 aromatic heterocycles. The van der Waals surface area contributed by atoms with Crippen molar-refractivity contribution in [3.05, 3.63) is 35.4 Å². The number of carbonyl (C=O) groups excluding carboxylic acids is 1. The largest absolute Gasteiger partial charge is 0.496 e. The van der Waals surface area contributed by atoms with E-state index >= 15 is 0 Å². The molecule has 2 aromatic carbocycles. The van der Waals surface area contributed by atoms with Crippen molar-refractivity contribution in [2.45, 2.75) is 19.4 Å². The van der Waals surface area contributed by atoms with E-state index in [0.29, 0.717) is 53.9 Å². The molecule has 2 aromatic rings. The highest BCUT2D eigenvalue weighted by molar-refractivity contribution is 5.76. The molecule has 8 heteroatoms. The Morgan fingerprint density at radius 1 is 0.700 bits per heavy atom. The van der Waals surface area contributed by atoms with Crippen LogP contribution in [0.2, 0.25) is 0 Å². The highest BCUT2D eigenvalue weighted by atomic mass is 16.5. The van der Waals surface area contributed by atoms with Crippen LogP contribution in [-0.2, 0) is 17.8 Å². The van der Waals surface area contributed by atoms with Gasteiger partial charge in [-0.15, -0.1) is 0 Å². The molecule has 2 rings (SSSR count). The Morgan fingerprint density at radius 3 is 1.73 bits per heavy atom. The minimum absolute atomic E-state index is 0.0967. The lowest BCUT2D eigenvalue weighted by Gasteiger charge is -2.15. The van der Waals surface area contributed by atoms with Gasteiger partial charge in [0, 0.05) is 24.6 Å². The summed E-state index contributed by atoms with van der Waals surface area (Å²) in [6.07, 6.45) is 0.819. The van der Waals surface area contributed by atoms with E-state index in [0.717, 1.165) is 11.1 Å². The fraction of sp³-hybridized carbons (Fsp3) is 0.409. The number of benzene rings is 2. The fourth-order valence-corrected chi connectivity index (χ4v) is 3.05. The Morgan fingerprint density at radius 2 is 1.23 bits per heavy atom. The predicted octanol–water partition coefficient (Wildman–Crippen LogP) is 2.99. The number of amides is 1. The van der Waals surface area contributed by atoms with Gasteiger partial charge in [0.25, 0.3) is 0 Å². The maximum Gasteiger partial charge on any atom is 0.220 e. The van der Waals surface area contributed by atoms with Crippen molar-refractivity contribution in [1.82, 2.24) is 5.32 Å². The first-order valence-corrected chi connectivity index (χ1v) is 9.35. The van der Waals surface area contributed by atoms with E-state index in [9.17, 15) is 4.79 Å². The van der Waals surface area contributed by atoms with Gasteiger partial charge in [-0.25, -0.2) is 0 Å². The zero-order valence-corrected chi connectivity index (χ0v) is 18.3. The highest BCUT2D eigenvalue weighted by Crippen LogP contribution is 2.38. The lowest BCUT2D eigenvalue weighted by atomic mass is 10.1. The third kappa shape index (κ3) is 5.40. The summed E-state index contributed by atoms with van der Waals surface area (Å²) in [6.45, 7) is 0.303. The maximum absolute atomic E-state index is 12.4. The second kappa shape index (κ2) is 11.0. The van der Waals surface area contributed by atoms with Crippen LogP contribution < -0.4 is 33.7 Å².